The average Bonchev–Trinajstić information content (AvgIpc) is 2.86. The number of furan rings is 1. The molecule has 2 rings (SSSR count). The lowest BCUT2D eigenvalue weighted by atomic mass is 9.72. The van der Waals surface area contributed by atoms with E-state index >= 15 is 0 Å². The van der Waals surface area contributed by atoms with E-state index in [0.717, 1.165) is 10.4 Å². The van der Waals surface area contributed by atoms with Crippen LogP contribution < -0.4 is 5.73 Å². The predicted molar refractivity (Wildman–Crippen MR) is 73.7 cm³/mol. The highest BCUT2D eigenvalue weighted by Gasteiger charge is 2.41. The van der Waals surface area contributed by atoms with Crippen LogP contribution in [0.2, 0.25) is 0 Å². The third kappa shape index (κ3) is 2.76. The van der Waals surface area contributed by atoms with E-state index in [9.17, 15) is 0 Å². The first-order chi connectivity index (χ1) is 8.03. The third-order valence-corrected chi connectivity index (χ3v) is 4.40. The fourth-order valence-corrected chi connectivity index (χ4v) is 3.65. The Labute approximate surface area is 112 Å². The number of hydrogen-bond acceptors (Lipinski definition) is 2. The van der Waals surface area contributed by atoms with Crippen molar-refractivity contribution in [2.45, 2.75) is 52.0 Å². The van der Waals surface area contributed by atoms with Crippen LogP contribution in [0.3, 0.4) is 0 Å². The van der Waals surface area contributed by atoms with Gasteiger partial charge in [-0.05, 0) is 58.7 Å². The van der Waals surface area contributed by atoms with Gasteiger partial charge in [-0.2, -0.15) is 0 Å². The van der Waals surface area contributed by atoms with Crippen LogP contribution in [0.25, 0.3) is 0 Å². The predicted octanol–water partition coefficient (Wildman–Crippen LogP) is 4.65. The average molecular weight is 300 g/mol. The van der Waals surface area contributed by atoms with Gasteiger partial charge in [0, 0.05) is 0 Å². The van der Waals surface area contributed by atoms with Crippen molar-refractivity contribution in [3.05, 3.63) is 22.6 Å². The van der Waals surface area contributed by atoms with E-state index in [2.05, 4.69) is 29.8 Å². The lowest BCUT2D eigenvalue weighted by molar-refractivity contribution is 0.165. The molecule has 1 aliphatic rings. The highest BCUT2D eigenvalue weighted by Crippen LogP contribution is 2.50. The van der Waals surface area contributed by atoms with Gasteiger partial charge in [-0.25, -0.2) is 0 Å². The molecule has 1 aromatic rings. The van der Waals surface area contributed by atoms with Crippen LogP contribution in [-0.4, -0.2) is 0 Å². The van der Waals surface area contributed by atoms with Gasteiger partial charge in [0.15, 0.2) is 4.67 Å². The zero-order valence-corrected chi connectivity index (χ0v) is 12.3. The number of hydrogen-bond donors (Lipinski definition) is 1. The van der Waals surface area contributed by atoms with Crippen molar-refractivity contribution in [2.24, 2.45) is 17.1 Å². The fourth-order valence-electron chi connectivity index (χ4n) is 3.33. The second-order valence-electron chi connectivity index (χ2n) is 5.79. The first-order valence-electron chi connectivity index (χ1n) is 6.54. The summed E-state index contributed by atoms with van der Waals surface area (Å²) in [5, 5.41) is 0. The molecule has 0 amide bonds. The molecule has 17 heavy (non-hydrogen) atoms. The van der Waals surface area contributed by atoms with Crippen LogP contribution in [0.1, 0.15) is 57.8 Å². The number of nitrogens with two attached hydrogens (primary N) is 1. The van der Waals surface area contributed by atoms with E-state index in [4.69, 9.17) is 10.2 Å². The fraction of sp³-hybridized carbons (Fsp3) is 0.714. The molecular weight excluding hydrogens is 278 g/mol. The van der Waals surface area contributed by atoms with Crippen LogP contribution >= 0.6 is 15.9 Å². The number of rotatable bonds is 4. The van der Waals surface area contributed by atoms with Gasteiger partial charge >= 0.3 is 0 Å². The molecule has 1 unspecified atom stereocenters. The molecule has 0 bridgehead atoms. The Hall–Kier alpha value is -0.280. The summed E-state index contributed by atoms with van der Waals surface area (Å²) in [5.74, 6) is 1.62. The van der Waals surface area contributed by atoms with Gasteiger partial charge in [-0.1, -0.05) is 26.7 Å². The van der Waals surface area contributed by atoms with Gasteiger partial charge in [0.05, 0.1) is 6.04 Å². The van der Waals surface area contributed by atoms with Crippen LogP contribution in [0.4, 0.5) is 0 Å². The molecule has 1 heterocycles. The van der Waals surface area contributed by atoms with Crippen molar-refractivity contribution in [1.82, 2.24) is 0 Å². The van der Waals surface area contributed by atoms with Gasteiger partial charge in [0.1, 0.15) is 5.76 Å². The molecule has 0 saturated heterocycles. The summed E-state index contributed by atoms with van der Waals surface area (Å²) in [6, 6.07) is 3.99. The van der Waals surface area contributed by atoms with E-state index in [1.807, 2.05) is 12.1 Å². The molecule has 96 valence electrons. The van der Waals surface area contributed by atoms with Gasteiger partial charge in [-0.3, -0.25) is 0 Å². The van der Waals surface area contributed by atoms with Crippen molar-refractivity contribution in [1.29, 1.82) is 0 Å². The molecule has 0 spiro atoms. The maximum absolute atomic E-state index is 6.48. The van der Waals surface area contributed by atoms with Gasteiger partial charge < -0.3 is 10.2 Å². The van der Waals surface area contributed by atoms with E-state index in [-0.39, 0.29) is 11.5 Å². The Bertz CT molecular complexity index is 366. The Balaban J connectivity index is 2.21. The summed E-state index contributed by atoms with van der Waals surface area (Å²) in [6.07, 6.45) is 6.30. The molecule has 1 saturated carbocycles. The molecular formula is C14H22BrNO. The zero-order valence-electron chi connectivity index (χ0n) is 10.7. The lowest BCUT2D eigenvalue weighted by Crippen LogP contribution is -2.33. The minimum atomic E-state index is 0.0405. The minimum absolute atomic E-state index is 0.0405. The zero-order chi connectivity index (χ0) is 12.5. The highest BCUT2D eigenvalue weighted by atomic mass is 79.9. The van der Waals surface area contributed by atoms with Gasteiger partial charge in [-0.15, -0.1) is 0 Å². The molecule has 2 nitrogen and oxygen atoms in total. The normalized spacial score (nSPS) is 21.0. The third-order valence-electron chi connectivity index (χ3n) is 3.97. The summed E-state index contributed by atoms with van der Waals surface area (Å²) < 4.78 is 6.43. The molecule has 3 heteroatoms. The molecule has 0 aliphatic heterocycles. The van der Waals surface area contributed by atoms with Gasteiger partial charge in [0.25, 0.3) is 0 Å². The highest BCUT2D eigenvalue weighted by molar-refractivity contribution is 9.10. The molecule has 0 radical (unpaired) electrons. The first kappa shape index (κ1) is 13.2. The first-order valence-corrected chi connectivity index (χ1v) is 7.34. The van der Waals surface area contributed by atoms with Crippen molar-refractivity contribution in [3.63, 3.8) is 0 Å². The van der Waals surface area contributed by atoms with Crippen LogP contribution in [0, 0.1) is 11.3 Å². The van der Waals surface area contributed by atoms with E-state index < -0.39 is 0 Å². The SMILES string of the molecule is CC(C)CC1(C(N)c2ccc(Br)o2)CCCC1. The van der Waals surface area contributed by atoms with Crippen molar-refractivity contribution >= 4 is 15.9 Å². The topological polar surface area (TPSA) is 39.2 Å². The maximum atomic E-state index is 6.48. The van der Waals surface area contributed by atoms with Crippen LogP contribution in [0.15, 0.2) is 21.2 Å². The Morgan fingerprint density at radius 1 is 1.35 bits per heavy atom. The molecule has 1 aromatic heterocycles. The summed E-state index contributed by atoms with van der Waals surface area (Å²) in [5.41, 5.74) is 6.74. The smallest absolute Gasteiger partial charge is 0.169 e. The minimum Gasteiger partial charge on any atom is -0.453 e. The van der Waals surface area contributed by atoms with Gasteiger partial charge in [0.2, 0.25) is 0 Å². The maximum Gasteiger partial charge on any atom is 0.169 e. The molecule has 2 N–H and O–H groups in total. The van der Waals surface area contributed by atoms with Crippen molar-refractivity contribution in [3.8, 4) is 0 Å². The Kier molecular flexibility index (Phi) is 3.99. The Morgan fingerprint density at radius 3 is 2.47 bits per heavy atom. The summed E-state index contributed by atoms with van der Waals surface area (Å²) in [7, 11) is 0. The van der Waals surface area contributed by atoms with Crippen LogP contribution in [0.5, 0.6) is 0 Å². The van der Waals surface area contributed by atoms with E-state index in [1.54, 1.807) is 0 Å². The van der Waals surface area contributed by atoms with Crippen molar-refractivity contribution in [2.75, 3.05) is 0 Å². The summed E-state index contributed by atoms with van der Waals surface area (Å²) in [6.45, 7) is 4.57. The molecule has 1 atom stereocenters. The standard InChI is InChI=1S/C14H22BrNO/c1-10(2)9-14(7-3-4-8-14)13(16)11-5-6-12(15)17-11/h5-6,10,13H,3-4,7-9,16H2,1-2H3. The van der Waals surface area contributed by atoms with Crippen molar-refractivity contribution < 1.29 is 4.42 Å². The van der Waals surface area contributed by atoms with E-state index in [1.165, 1.54) is 32.1 Å². The monoisotopic (exact) mass is 299 g/mol. The molecule has 1 aliphatic carbocycles. The molecule has 1 fully saturated rings. The second kappa shape index (κ2) is 5.15. The summed E-state index contributed by atoms with van der Waals surface area (Å²) in [4.78, 5) is 0. The summed E-state index contributed by atoms with van der Waals surface area (Å²) >= 11 is 3.36. The van der Waals surface area contributed by atoms with E-state index in [0.29, 0.717) is 5.92 Å². The quantitative estimate of drug-likeness (QED) is 0.879. The largest absolute Gasteiger partial charge is 0.453 e. The lowest BCUT2D eigenvalue weighted by Gasteiger charge is -2.35. The molecule has 0 aromatic carbocycles. The number of halogens is 1. The Morgan fingerprint density at radius 2 is 2.00 bits per heavy atom. The second-order valence-corrected chi connectivity index (χ2v) is 6.57. The van der Waals surface area contributed by atoms with Crippen LogP contribution in [-0.2, 0) is 0 Å².